The molecule has 1 aliphatic carbocycles. The summed E-state index contributed by atoms with van der Waals surface area (Å²) in [7, 11) is 0. The predicted molar refractivity (Wildman–Crippen MR) is 206 cm³/mol. The summed E-state index contributed by atoms with van der Waals surface area (Å²) in [4.78, 5) is 17.1. The quantitative estimate of drug-likeness (QED) is 0.0737. The van der Waals surface area contributed by atoms with Crippen LogP contribution in [0.3, 0.4) is 0 Å². The molecule has 1 fully saturated rings. The van der Waals surface area contributed by atoms with E-state index in [0.717, 1.165) is 58.5 Å². The van der Waals surface area contributed by atoms with Gasteiger partial charge < -0.3 is 10.0 Å². The Morgan fingerprint density at radius 3 is 1.78 bits per heavy atom. The summed E-state index contributed by atoms with van der Waals surface area (Å²) in [6, 6.07) is 30.7. The van der Waals surface area contributed by atoms with Gasteiger partial charge >= 0.3 is 5.97 Å². The van der Waals surface area contributed by atoms with Gasteiger partial charge in [-0.15, -0.1) is 0 Å². The van der Waals surface area contributed by atoms with Crippen LogP contribution in [0, 0.1) is 6.57 Å². The number of benzene rings is 4. The fourth-order valence-corrected chi connectivity index (χ4v) is 7.17. The lowest BCUT2D eigenvalue weighted by atomic mass is 9.94. The highest BCUT2D eigenvalue weighted by Crippen LogP contribution is 2.52. The van der Waals surface area contributed by atoms with Crippen LogP contribution >= 0.6 is 0 Å². The van der Waals surface area contributed by atoms with Crippen LogP contribution in [0.25, 0.3) is 22.6 Å². The molecule has 6 rings (SSSR count). The van der Waals surface area contributed by atoms with E-state index >= 15 is 0 Å². The number of anilines is 4. The first-order chi connectivity index (χ1) is 24.2. The van der Waals surface area contributed by atoms with Crippen molar-refractivity contribution in [3.05, 3.63) is 136 Å². The number of carboxylic acids is 1. The van der Waals surface area contributed by atoms with E-state index in [1.807, 2.05) is 96.1 Å². The molecule has 0 saturated heterocycles. The molecule has 8 nitrogen and oxygen atoms in total. The van der Waals surface area contributed by atoms with Crippen molar-refractivity contribution in [1.82, 2.24) is 0 Å². The molecule has 1 aliphatic heterocycles. The molecule has 262 valence electrons. The molecule has 4 aromatic carbocycles. The van der Waals surface area contributed by atoms with E-state index in [-0.39, 0.29) is 5.70 Å². The van der Waals surface area contributed by atoms with Crippen LogP contribution in [-0.4, -0.2) is 38.6 Å². The fourth-order valence-electron chi connectivity index (χ4n) is 7.17. The van der Waals surface area contributed by atoms with Crippen LogP contribution in [0.5, 0.6) is 0 Å². The minimum atomic E-state index is -1.22. The van der Waals surface area contributed by atoms with E-state index in [0.29, 0.717) is 23.3 Å². The van der Waals surface area contributed by atoms with Gasteiger partial charge in [-0.05, 0) is 142 Å². The Morgan fingerprint density at radius 1 is 0.765 bits per heavy atom. The van der Waals surface area contributed by atoms with Gasteiger partial charge in [-0.1, -0.05) is 55.0 Å². The molecular formula is C43H46N4O4. The maximum Gasteiger partial charge on any atom is 0.333 e. The smallest absolute Gasteiger partial charge is 0.333 e. The fraction of sp³-hybridized carbons (Fsp3) is 0.302. The number of aliphatic carboxylic acids is 1. The molecule has 0 radical (unpaired) electrons. The molecule has 2 atom stereocenters. The second-order valence-corrected chi connectivity index (χ2v) is 15.4. The van der Waals surface area contributed by atoms with E-state index < -0.39 is 17.0 Å². The Balaban J connectivity index is 1.35. The van der Waals surface area contributed by atoms with Crippen molar-refractivity contribution in [3.63, 3.8) is 0 Å². The van der Waals surface area contributed by atoms with E-state index in [9.17, 15) is 20.3 Å². The van der Waals surface area contributed by atoms with Crippen LogP contribution < -0.4 is 15.0 Å². The minimum absolute atomic E-state index is 0.289. The van der Waals surface area contributed by atoms with Gasteiger partial charge in [-0.3, -0.25) is 25.3 Å². The van der Waals surface area contributed by atoms with Gasteiger partial charge in [0.25, 0.3) is 5.70 Å². The van der Waals surface area contributed by atoms with Gasteiger partial charge in [0.05, 0.1) is 29.0 Å². The lowest BCUT2D eigenvalue weighted by Gasteiger charge is -2.31. The molecular weight excluding hydrogens is 636 g/mol. The van der Waals surface area contributed by atoms with E-state index in [1.54, 1.807) is 0 Å². The van der Waals surface area contributed by atoms with Crippen molar-refractivity contribution in [2.24, 2.45) is 0 Å². The number of carboxylic acid groups (broad SMARTS) is 1. The number of fused-ring (bicyclic) bond motifs is 3. The molecule has 2 aliphatic rings. The Hall–Kier alpha value is -5.36. The third-order valence-electron chi connectivity index (χ3n) is 9.76. The number of rotatable bonds is 8. The molecule has 0 spiro atoms. The third kappa shape index (κ3) is 7.27. The number of nitrogens with zero attached hydrogens (tertiary/aromatic N) is 4. The Kier molecular flexibility index (Phi) is 9.56. The monoisotopic (exact) mass is 682 g/mol. The number of hydrogen-bond donors (Lipinski definition) is 3. The average molecular weight is 683 g/mol. The topological polar surface area (TPSA) is 91.8 Å². The van der Waals surface area contributed by atoms with E-state index in [1.165, 1.54) is 21.8 Å². The standard InChI is InChI=1S/C43H46N4O4/c1-42(2,3)46(50)33-20-14-30(15-21-33)36(31-16-22-34(23-17-31)47(51)43(4,5)6)25-28-11-18-32(19-12-28)45-39-10-8-9-35(39)37-26-29(13-24-40(37)45)27-38(44-7)41(48)49/h11-27,35,39,50-51H,8-10H2,1-6H3,(H,48,49)/b38-27-. The van der Waals surface area contributed by atoms with Gasteiger partial charge in [0.15, 0.2) is 0 Å². The van der Waals surface area contributed by atoms with Gasteiger partial charge in [0.2, 0.25) is 0 Å². The largest absolute Gasteiger partial charge is 0.486 e. The summed E-state index contributed by atoms with van der Waals surface area (Å²) < 4.78 is 0. The summed E-state index contributed by atoms with van der Waals surface area (Å²) >= 11 is 0. The zero-order valence-corrected chi connectivity index (χ0v) is 30.1. The van der Waals surface area contributed by atoms with Crippen molar-refractivity contribution in [2.75, 3.05) is 15.0 Å². The van der Waals surface area contributed by atoms with Crippen LogP contribution in [0.4, 0.5) is 22.7 Å². The number of hydroxylamine groups is 2. The molecule has 0 aromatic heterocycles. The van der Waals surface area contributed by atoms with Gasteiger partial charge in [-0.25, -0.2) is 4.85 Å². The molecule has 8 heteroatoms. The Bertz CT molecular complexity index is 1950. The van der Waals surface area contributed by atoms with E-state index in [4.69, 9.17) is 6.57 Å². The maximum atomic E-state index is 11.5. The number of carbonyl (C=O) groups is 1. The van der Waals surface area contributed by atoms with Crippen molar-refractivity contribution in [1.29, 1.82) is 0 Å². The van der Waals surface area contributed by atoms with Crippen molar-refractivity contribution in [3.8, 4) is 0 Å². The SMILES string of the molecule is [C-]#[N+]/C(=C\c1ccc2c(c1)C1CCCC1N2c1ccc(C=C(c2ccc(N(O)C(C)(C)C)cc2)c2ccc(N(O)C(C)(C)C)cc2)cc1)C(=O)O. The molecule has 0 amide bonds. The van der Waals surface area contributed by atoms with Crippen LogP contribution in [0.1, 0.15) is 94.5 Å². The van der Waals surface area contributed by atoms with Crippen LogP contribution in [0.15, 0.2) is 96.7 Å². The minimum Gasteiger partial charge on any atom is -0.486 e. The van der Waals surface area contributed by atoms with Crippen molar-refractivity contribution in [2.45, 2.75) is 83.8 Å². The molecule has 4 aromatic rings. The second-order valence-electron chi connectivity index (χ2n) is 15.4. The maximum absolute atomic E-state index is 11.5. The Labute approximate surface area is 300 Å². The van der Waals surface area contributed by atoms with Gasteiger partial charge in [0, 0.05) is 23.3 Å². The Morgan fingerprint density at radius 2 is 1.29 bits per heavy atom. The molecule has 2 unspecified atom stereocenters. The lowest BCUT2D eigenvalue weighted by Crippen LogP contribution is -2.38. The first-order valence-corrected chi connectivity index (χ1v) is 17.4. The van der Waals surface area contributed by atoms with Crippen LogP contribution in [0.2, 0.25) is 0 Å². The third-order valence-corrected chi connectivity index (χ3v) is 9.76. The molecule has 3 N–H and O–H groups in total. The van der Waals surface area contributed by atoms with Crippen molar-refractivity contribution < 1.29 is 20.3 Å². The predicted octanol–water partition coefficient (Wildman–Crippen LogP) is 10.4. The van der Waals surface area contributed by atoms with Gasteiger partial charge in [0.1, 0.15) is 0 Å². The van der Waals surface area contributed by atoms with Crippen molar-refractivity contribution >= 4 is 46.4 Å². The van der Waals surface area contributed by atoms with Crippen LogP contribution in [-0.2, 0) is 4.79 Å². The summed E-state index contributed by atoms with van der Waals surface area (Å²) in [5.41, 5.74) is 8.43. The zero-order chi connectivity index (χ0) is 36.7. The van der Waals surface area contributed by atoms with Gasteiger partial charge in [-0.2, -0.15) is 0 Å². The summed E-state index contributed by atoms with van der Waals surface area (Å²) in [5, 5.41) is 33.4. The number of hydrogen-bond acceptors (Lipinski definition) is 6. The molecule has 1 saturated carbocycles. The second kappa shape index (κ2) is 13.7. The highest BCUT2D eigenvalue weighted by Gasteiger charge is 2.42. The lowest BCUT2D eigenvalue weighted by molar-refractivity contribution is -0.132. The highest BCUT2D eigenvalue weighted by atomic mass is 16.5. The first kappa shape index (κ1) is 35.5. The summed E-state index contributed by atoms with van der Waals surface area (Å²) in [5.74, 6) is -0.861. The molecule has 1 heterocycles. The summed E-state index contributed by atoms with van der Waals surface area (Å²) in [6.07, 6.45) is 6.90. The normalized spacial score (nSPS) is 17.0. The average Bonchev–Trinajstić information content (AvgIpc) is 3.70. The zero-order valence-electron chi connectivity index (χ0n) is 30.1. The highest BCUT2D eigenvalue weighted by molar-refractivity contribution is 5.94. The molecule has 51 heavy (non-hydrogen) atoms. The first-order valence-electron chi connectivity index (χ1n) is 17.4. The van der Waals surface area contributed by atoms with E-state index in [2.05, 4.69) is 52.2 Å². The summed E-state index contributed by atoms with van der Waals surface area (Å²) in [6.45, 7) is 19.0. The molecule has 0 bridgehead atoms.